The molecule has 0 saturated heterocycles. The summed E-state index contributed by atoms with van der Waals surface area (Å²) >= 11 is 0. The van der Waals surface area contributed by atoms with Crippen LogP contribution in [0.2, 0.25) is 0 Å². The molecule has 1 N–H and O–H groups in total. The number of aromatic hydroxyl groups is 1. The van der Waals surface area contributed by atoms with E-state index in [0.29, 0.717) is 33.5 Å². The van der Waals surface area contributed by atoms with Crippen molar-refractivity contribution in [3.63, 3.8) is 0 Å². The number of imidazole rings is 1. The first kappa shape index (κ1) is 25.1. The zero-order chi connectivity index (χ0) is 55.4. The zero-order valence-corrected chi connectivity index (χ0v) is 35.6. The smallest absolute Gasteiger partial charge is 0.148 e. The molecule has 8 aromatic rings. The number of pyridine rings is 1. The molecule has 0 aliphatic rings. The zero-order valence-electron chi connectivity index (χ0n) is 50.3. The molecule has 6 aromatic carbocycles. The average Bonchev–Trinajstić information content (AvgIpc) is 3.70. The van der Waals surface area contributed by atoms with E-state index in [4.69, 9.17) is 26.9 Å². The Bertz CT molecular complexity index is 3530. The second-order valence-corrected chi connectivity index (χ2v) is 16.4. The van der Waals surface area contributed by atoms with Crippen LogP contribution < -0.4 is 0 Å². The van der Waals surface area contributed by atoms with E-state index >= 15 is 0 Å². The van der Waals surface area contributed by atoms with E-state index in [2.05, 4.69) is 31.8 Å². The van der Waals surface area contributed by atoms with Crippen LogP contribution >= 0.6 is 0 Å². The van der Waals surface area contributed by atoms with Crippen molar-refractivity contribution in [1.29, 1.82) is 0 Å². The summed E-state index contributed by atoms with van der Waals surface area (Å²) in [5.74, 6) is -0.500. The fraction of sp³-hybridized carbons (Fsp3) is 0.222. The Morgan fingerprint density at radius 3 is 2.02 bits per heavy atom. The Hall–Kier alpha value is -5.57. The molecule has 0 aliphatic heterocycles. The predicted octanol–water partition coefficient (Wildman–Crippen LogP) is 14.2. The summed E-state index contributed by atoms with van der Waals surface area (Å²) in [5, 5.41) is 11.9. The van der Waals surface area contributed by atoms with Gasteiger partial charge in [0, 0.05) is 50.8 Å². The van der Waals surface area contributed by atoms with Crippen molar-refractivity contribution in [2.24, 2.45) is 0 Å². The van der Waals surface area contributed by atoms with Crippen molar-refractivity contribution in [3.8, 4) is 67.5 Å². The van der Waals surface area contributed by atoms with Crippen LogP contribution in [0.4, 0.5) is 0 Å². The number of fused-ring (bicyclic) bond motifs is 1. The molecule has 0 aliphatic carbocycles. The van der Waals surface area contributed by atoms with Gasteiger partial charge in [0.15, 0.2) is 0 Å². The third-order valence-electron chi connectivity index (χ3n) is 10.2. The van der Waals surface area contributed by atoms with Crippen LogP contribution in [0, 0.1) is 6.07 Å². The minimum absolute atomic E-state index is 0. The normalized spacial score (nSPS) is 16.9. The van der Waals surface area contributed by atoms with Gasteiger partial charge in [-0.05, 0) is 80.4 Å². The number of nitrogens with zero attached hydrogens (tertiary/aromatic N) is 3. The van der Waals surface area contributed by atoms with Crippen LogP contribution in [0.25, 0.3) is 72.7 Å². The first-order valence-electron chi connectivity index (χ1n) is 27.3. The van der Waals surface area contributed by atoms with Crippen molar-refractivity contribution in [1.82, 2.24) is 14.5 Å². The first-order valence-corrected chi connectivity index (χ1v) is 18.8. The maximum atomic E-state index is 11.9. The van der Waals surface area contributed by atoms with Crippen LogP contribution in [0.5, 0.6) is 5.75 Å². The Kier molecular flexibility index (Phi) is 6.77. The molecule has 0 atom stereocenters. The summed E-state index contributed by atoms with van der Waals surface area (Å²) in [6.07, 6.45) is -0.627. The minimum atomic E-state index is -3.62. The van der Waals surface area contributed by atoms with E-state index in [9.17, 15) is 6.48 Å². The van der Waals surface area contributed by atoms with E-state index in [1.54, 1.807) is 28.8 Å². The standard InChI is InChI=1S/C54H52N3O.Pt/c1-52(2,3)40-23-25-47(44(33-40)36-19-14-11-15-20-36)57-48-22-16-21-43(50(48)56-51(57)45-34-41(53(4,5)6)24-26-49(45)58)38-29-39(31-42(30-38)54(7,8)9)46-32-37(27-28-55-46)35-17-12-10-13-18-35;/h10-28,30-34,58H,1-9H3;/q-1;/i4D3,5D3,6D3,10D,12D,13D,17D,18D,27D,28D,32D;. The second kappa shape index (κ2) is 15.9. The third-order valence-corrected chi connectivity index (χ3v) is 10.2. The molecule has 0 radical (unpaired) electrons. The Morgan fingerprint density at radius 1 is 0.627 bits per heavy atom. The van der Waals surface area contributed by atoms with E-state index in [1.807, 2.05) is 75.4 Å². The molecule has 4 nitrogen and oxygen atoms in total. The number of para-hydroxylation sites is 1. The number of phenolic OH excluding ortho intramolecular Hbond substituents is 1. The van der Waals surface area contributed by atoms with Crippen molar-refractivity contribution >= 4 is 11.0 Å². The topological polar surface area (TPSA) is 50.9 Å². The molecule has 0 saturated carbocycles. The van der Waals surface area contributed by atoms with E-state index in [-0.39, 0.29) is 54.6 Å². The van der Waals surface area contributed by atoms with Gasteiger partial charge in [-0.2, -0.15) is 0 Å². The van der Waals surface area contributed by atoms with Crippen LogP contribution in [-0.2, 0) is 37.3 Å². The molecule has 8 rings (SSSR count). The average molecular weight is 971 g/mol. The summed E-state index contributed by atoms with van der Waals surface area (Å²) in [4.78, 5) is 9.57. The summed E-state index contributed by atoms with van der Waals surface area (Å²) in [6, 6.07) is 26.2. The van der Waals surface area contributed by atoms with E-state index in [0.717, 1.165) is 29.3 Å². The van der Waals surface area contributed by atoms with E-state index < -0.39 is 102 Å². The molecule has 59 heavy (non-hydrogen) atoms. The summed E-state index contributed by atoms with van der Waals surface area (Å²) in [7, 11) is 0. The van der Waals surface area contributed by atoms with E-state index in [1.165, 1.54) is 0 Å². The Balaban J connectivity index is 0.00000840. The third kappa shape index (κ3) is 8.34. The summed E-state index contributed by atoms with van der Waals surface area (Å²) < 4.78 is 148. The van der Waals surface area contributed by atoms with Crippen molar-refractivity contribution in [2.45, 2.75) is 78.3 Å². The van der Waals surface area contributed by atoms with Gasteiger partial charge >= 0.3 is 0 Å². The quantitative estimate of drug-likeness (QED) is 0.169. The fourth-order valence-corrected chi connectivity index (χ4v) is 6.96. The maximum Gasteiger partial charge on any atom is 0.148 e. The number of rotatable bonds is 6. The Labute approximate surface area is 388 Å². The fourth-order valence-electron chi connectivity index (χ4n) is 6.96. The molecular weight excluding hydrogens is 902 g/mol. The van der Waals surface area contributed by atoms with Crippen LogP contribution in [0.1, 0.15) is 102 Å². The van der Waals surface area contributed by atoms with Gasteiger partial charge in [0.2, 0.25) is 0 Å². The second-order valence-electron chi connectivity index (χ2n) is 16.4. The molecule has 300 valence electrons. The molecule has 2 aromatic heterocycles. The predicted molar refractivity (Wildman–Crippen MR) is 243 cm³/mol. The van der Waals surface area contributed by atoms with Crippen molar-refractivity contribution in [2.75, 3.05) is 0 Å². The molecule has 0 unspecified atom stereocenters. The van der Waals surface area contributed by atoms with Gasteiger partial charge in [0.1, 0.15) is 11.6 Å². The summed E-state index contributed by atoms with van der Waals surface area (Å²) in [6.45, 7) is 1.17. The monoisotopic (exact) mass is 970 g/mol. The molecule has 0 fully saturated rings. The van der Waals surface area contributed by atoms with Crippen molar-refractivity contribution in [3.05, 3.63) is 168 Å². The summed E-state index contributed by atoms with van der Waals surface area (Å²) in [5.41, 5.74) is -0.832. The number of phenols is 1. The molecule has 5 heteroatoms. The Morgan fingerprint density at radius 2 is 1.31 bits per heavy atom. The van der Waals surface area contributed by atoms with Gasteiger partial charge in [-0.1, -0.05) is 164 Å². The SMILES string of the molecule is [2H]c1nc(-c2[c-]c(-c3cccc4c3nc(-c3cc(C(C([2H])([2H])[2H])(C([2H])([2H])[2H])C([2H])([2H])[2H])ccc3O)n4-c3ccc(C(C)(C)C)cc3-c3ccccc3)cc(C(C)(C)C)c2)c([2H])c(-c2c([2H])c([2H])c([2H])c([2H])c2[2H])c1[2H].[Pt]. The minimum Gasteiger partial charge on any atom is -0.507 e. The number of benzene rings is 6. The van der Waals surface area contributed by atoms with Gasteiger partial charge in [-0.15, -0.1) is 29.3 Å². The molecule has 2 heterocycles. The maximum absolute atomic E-state index is 11.9. The van der Waals surface area contributed by atoms with Gasteiger partial charge in [-0.25, -0.2) is 4.98 Å². The van der Waals surface area contributed by atoms with Crippen LogP contribution in [-0.4, -0.2) is 19.6 Å². The molecule has 0 spiro atoms. The van der Waals surface area contributed by atoms with Gasteiger partial charge in [0.05, 0.1) is 33.3 Å². The molecule has 0 amide bonds. The van der Waals surface area contributed by atoms with Gasteiger partial charge < -0.3 is 5.11 Å². The first-order chi connectivity index (χ1) is 34.6. The number of aromatic nitrogens is 3. The van der Waals surface area contributed by atoms with Gasteiger partial charge in [0.25, 0.3) is 0 Å². The number of hydrogen-bond acceptors (Lipinski definition) is 3. The van der Waals surface area contributed by atoms with Crippen molar-refractivity contribution < 1.29 is 49.5 Å². The molecule has 0 bridgehead atoms. The van der Waals surface area contributed by atoms with Gasteiger partial charge in [-0.3, -0.25) is 9.55 Å². The van der Waals surface area contributed by atoms with Crippen LogP contribution in [0.3, 0.4) is 0 Å². The number of hydrogen-bond donors (Lipinski definition) is 1. The van der Waals surface area contributed by atoms with Crippen LogP contribution in [0.15, 0.2) is 146 Å². The molecular formula is C54H52N3OPt-. The largest absolute Gasteiger partial charge is 0.507 e.